The molecule has 1 aromatic rings. The fourth-order valence-corrected chi connectivity index (χ4v) is 1.99. The highest BCUT2D eigenvalue weighted by Gasteiger charge is 2.23. The van der Waals surface area contributed by atoms with Gasteiger partial charge < -0.3 is 20.3 Å². The molecule has 0 saturated carbocycles. The fourth-order valence-electron chi connectivity index (χ4n) is 1.40. The van der Waals surface area contributed by atoms with E-state index < -0.39 is 5.97 Å². The summed E-state index contributed by atoms with van der Waals surface area (Å²) in [6, 6.07) is 1.55. The minimum atomic E-state index is -1.10. The Morgan fingerprint density at radius 1 is 1.47 bits per heavy atom. The van der Waals surface area contributed by atoms with Gasteiger partial charge in [0.05, 0.1) is 5.69 Å². The van der Waals surface area contributed by atoms with Gasteiger partial charge in [-0.3, -0.25) is 0 Å². The summed E-state index contributed by atoms with van der Waals surface area (Å²) in [5.74, 6) is -0.325. The van der Waals surface area contributed by atoms with E-state index in [0.29, 0.717) is 29.2 Å². The van der Waals surface area contributed by atoms with Crippen molar-refractivity contribution < 1.29 is 19.4 Å². The number of aromatic carboxylic acids is 1. The third kappa shape index (κ3) is 1.61. The van der Waals surface area contributed by atoms with Crippen LogP contribution in [0.4, 0.5) is 5.69 Å². The van der Waals surface area contributed by atoms with Crippen LogP contribution in [-0.2, 0) is 0 Å². The lowest BCUT2D eigenvalue weighted by molar-refractivity contribution is 0.0696. The van der Waals surface area contributed by atoms with Crippen molar-refractivity contribution in [1.29, 1.82) is 0 Å². The first-order valence-corrected chi connectivity index (χ1v) is 5.01. The summed E-state index contributed by atoms with van der Waals surface area (Å²) in [6.07, 6.45) is 0. The summed E-state index contributed by atoms with van der Waals surface area (Å²) in [7, 11) is 0. The number of nitrogens with two attached hydrogens (primary N) is 1. The van der Waals surface area contributed by atoms with E-state index >= 15 is 0 Å². The SMILES string of the molecule is Nc1c2c(cc(Br)c1C(=O)O)OCCO2. The van der Waals surface area contributed by atoms with Gasteiger partial charge in [0.2, 0.25) is 0 Å². The van der Waals surface area contributed by atoms with E-state index in [-0.39, 0.29) is 11.3 Å². The predicted molar refractivity (Wildman–Crippen MR) is 56.5 cm³/mol. The molecule has 0 aliphatic carbocycles. The van der Waals surface area contributed by atoms with Gasteiger partial charge in [-0.15, -0.1) is 0 Å². The lowest BCUT2D eigenvalue weighted by Crippen LogP contribution is -2.18. The summed E-state index contributed by atoms with van der Waals surface area (Å²) < 4.78 is 10.9. The molecule has 0 amide bonds. The van der Waals surface area contributed by atoms with Crippen LogP contribution in [0, 0.1) is 0 Å². The van der Waals surface area contributed by atoms with Gasteiger partial charge in [-0.25, -0.2) is 4.79 Å². The van der Waals surface area contributed by atoms with Crippen molar-refractivity contribution in [2.45, 2.75) is 0 Å². The van der Waals surface area contributed by atoms with E-state index in [0.717, 1.165) is 0 Å². The number of carboxylic acid groups (broad SMARTS) is 1. The van der Waals surface area contributed by atoms with Crippen LogP contribution in [0.25, 0.3) is 0 Å². The number of carbonyl (C=O) groups is 1. The van der Waals surface area contributed by atoms with Crippen LogP contribution < -0.4 is 15.2 Å². The maximum Gasteiger partial charge on any atom is 0.339 e. The Morgan fingerprint density at radius 2 is 2.13 bits per heavy atom. The molecule has 0 radical (unpaired) electrons. The van der Waals surface area contributed by atoms with Crippen LogP contribution >= 0.6 is 15.9 Å². The average molecular weight is 274 g/mol. The van der Waals surface area contributed by atoms with Crippen LogP contribution in [0.2, 0.25) is 0 Å². The highest BCUT2D eigenvalue weighted by molar-refractivity contribution is 9.10. The first-order valence-electron chi connectivity index (χ1n) is 4.22. The molecular weight excluding hydrogens is 266 g/mol. The molecule has 1 heterocycles. The number of anilines is 1. The summed E-state index contributed by atoms with van der Waals surface area (Å²) >= 11 is 3.13. The van der Waals surface area contributed by atoms with Crippen LogP contribution in [0.3, 0.4) is 0 Å². The molecule has 0 atom stereocenters. The van der Waals surface area contributed by atoms with Gasteiger partial charge in [0, 0.05) is 4.47 Å². The number of ether oxygens (including phenoxy) is 2. The maximum absolute atomic E-state index is 10.9. The zero-order valence-electron chi connectivity index (χ0n) is 7.62. The number of fused-ring (bicyclic) bond motifs is 1. The van der Waals surface area contributed by atoms with E-state index in [4.69, 9.17) is 20.3 Å². The minimum absolute atomic E-state index is 0.000694. The molecule has 80 valence electrons. The van der Waals surface area contributed by atoms with Crippen molar-refractivity contribution in [2.75, 3.05) is 18.9 Å². The highest BCUT2D eigenvalue weighted by atomic mass is 79.9. The Kier molecular flexibility index (Phi) is 2.44. The predicted octanol–water partition coefficient (Wildman–Crippen LogP) is 1.50. The Bertz CT molecular complexity index is 433. The molecule has 1 aliphatic heterocycles. The molecule has 0 spiro atoms. The summed E-state index contributed by atoms with van der Waals surface area (Å²) in [5.41, 5.74) is 5.78. The van der Waals surface area contributed by atoms with Crippen LogP contribution in [-0.4, -0.2) is 24.3 Å². The fraction of sp³-hybridized carbons (Fsp3) is 0.222. The van der Waals surface area contributed by atoms with Crippen molar-refractivity contribution in [3.05, 3.63) is 16.1 Å². The number of benzene rings is 1. The molecule has 0 aromatic heterocycles. The van der Waals surface area contributed by atoms with Crippen molar-refractivity contribution >= 4 is 27.6 Å². The average Bonchev–Trinajstić information content (AvgIpc) is 2.17. The third-order valence-electron chi connectivity index (χ3n) is 2.04. The Hall–Kier alpha value is -1.43. The first kappa shape index (κ1) is 10.1. The summed E-state index contributed by atoms with van der Waals surface area (Å²) in [5, 5.41) is 8.94. The van der Waals surface area contributed by atoms with Crippen molar-refractivity contribution in [3.8, 4) is 11.5 Å². The van der Waals surface area contributed by atoms with E-state index in [2.05, 4.69) is 15.9 Å². The minimum Gasteiger partial charge on any atom is -0.486 e. The largest absolute Gasteiger partial charge is 0.486 e. The number of rotatable bonds is 1. The zero-order chi connectivity index (χ0) is 11.0. The second-order valence-electron chi connectivity index (χ2n) is 2.98. The molecule has 0 fully saturated rings. The summed E-state index contributed by atoms with van der Waals surface area (Å²) in [4.78, 5) is 10.9. The second kappa shape index (κ2) is 3.62. The topological polar surface area (TPSA) is 81.8 Å². The number of halogens is 1. The number of hydrogen-bond donors (Lipinski definition) is 2. The lowest BCUT2D eigenvalue weighted by atomic mass is 10.1. The molecule has 15 heavy (non-hydrogen) atoms. The molecule has 1 aromatic carbocycles. The molecule has 0 bridgehead atoms. The Balaban J connectivity index is 2.64. The summed E-state index contributed by atoms with van der Waals surface area (Å²) in [6.45, 7) is 0.809. The van der Waals surface area contributed by atoms with Gasteiger partial charge in [0.25, 0.3) is 0 Å². The Morgan fingerprint density at radius 3 is 2.80 bits per heavy atom. The lowest BCUT2D eigenvalue weighted by Gasteiger charge is -2.21. The second-order valence-corrected chi connectivity index (χ2v) is 3.83. The van der Waals surface area contributed by atoms with Gasteiger partial charge in [0.15, 0.2) is 11.5 Å². The van der Waals surface area contributed by atoms with E-state index in [1.54, 1.807) is 6.07 Å². The van der Waals surface area contributed by atoms with Crippen molar-refractivity contribution in [1.82, 2.24) is 0 Å². The Labute approximate surface area is 93.9 Å². The maximum atomic E-state index is 10.9. The molecule has 0 unspecified atom stereocenters. The third-order valence-corrected chi connectivity index (χ3v) is 2.66. The monoisotopic (exact) mass is 273 g/mol. The van der Waals surface area contributed by atoms with Crippen LogP contribution in [0.5, 0.6) is 11.5 Å². The molecule has 0 saturated heterocycles. The number of carboxylic acids is 1. The van der Waals surface area contributed by atoms with Gasteiger partial charge in [-0.05, 0) is 22.0 Å². The quantitative estimate of drug-likeness (QED) is 0.758. The smallest absolute Gasteiger partial charge is 0.339 e. The van der Waals surface area contributed by atoms with Gasteiger partial charge >= 0.3 is 5.97 Å². The standard InChI is InChI=1S/C9H8BrNO4/c10-4-3-5-8(15-2-1-14-5)7(11)6(4)9(12)13/h3H,1-2,11H2,(H,12,13). The first-order chi connectivity index (χ1) is 7.11. The van der Waals surface area contributed by atoms with E-state index in [1.807, 2.05) is 0 Å². The van der Waals surface area contributed by atoms with E-state index in [1.165, 1.54) is 0 Å². The molecule has 3 N–H and O–H groups in total. The van der Waals surface area contributed by atoms with Crippen LogP contribution in [0.15, 0.2) is 10.5 Å². The van der Waals surface area contributed by atoms with Crippen LogP contribution in [0.1, 0.15) is 10.4 Å². The molecular formula is C9H8BrNO4. The van der Waals surface area contributed by atoms with Gasteiger partial charge in [-0.1, -0.05) is 0 Å². The molecule has 2 rings (SSSR count). The van der Waals surface area contributed by atoms with Crippen molar-refractivity contribution in [3.63, 3.8) is 0 Å². The zero-order valence-corrected chi connectivity index (χ0v) is 9.20. The normalized spacial score (nSPS) is 13.7. The highest BCUT2D eigenvalue weighted by Crippen LogP contribution is 2.41. The molecule has 6 heteroatoms. The molecule has 5 nitrogen and oxygen atoms in total. The number of nitrogen functional groups attached to an aromatic ring is 1. The molecule has 1 aliphatic rings. The van der Waals surface area contributed by atoms with E-state index in [9.17, 15) is 4.79 Å². The van der Waals surface area contributed by atoms with Gasteiger partial charge in [-0.2, -0.15) is 0 Å². The van der Waals surface area contributed by atoms with Crippen molar-refractivity contribution in [2.24, 2.45) is 0 Å². The number of hydrogen-bond acceptors (Lipinski definition) is 4. The van der Waals surface area contributed by atoms with Gasteiger partial charge in [0.1, 0.15) is 18.8 Å².